The lowest BCUT2D eigenvalue weighted by Crippen LogP contribution is -3.17. The maximum Gasteiger partial charge on any atom is 0.246 e. The number of piperidine rings is 1. The van der Waals surface area contributed by atoms with E-state index in [0.29, 0.717) is 18.6 Å². The lowest BCUT2D eigenvalue weighted by molar-refractivity contribution is -0.955. The molecule has 2 aliphatic rings. The Morgan fingerprint density at radius 1 is 1.42 bits per heavy atom. The number of quaternary nitrogens is 1. The summed E-state index contributed by atoms with van der Waals surface area (Å²) in [5.41, 5.74) is 0. The fourth-order valence-electron chi connectivity index (χ4n) is 4.44. The van der Waals surface area contributed by atoms with E-state index < -0.39 is 0 Å². The number of nitrogens with zero attached hydrogens (tertiary/aromatic N) is 4. The normalized spacial score (nSPS) is 27.6. The Labute approximate surface area is 151 Å². The van der Waals surface area contributed by atoms with Gasteiger partial charge in [-0.3, -0.25) is 4.79 Å². The van der Waals surface area contributed by atoms with Crippen LogP contribution in [-0.4, -0.2) is 58.0 Å². The fraction of sp³-hybridized carbons (Fsp3) is 0.647. The molecule has 0 aromatic carbocycles. The summed E-state index contributed by atoms with van der Waals surface area (Å²) in [5, 5.41) is 15.3. The number of hydrogen-bond donors (Lipinski definition) is 2. The number of carbonyl (C=O) groups excluding carboxylic acids is 1. The maximum absolute atomic E-state index is 11.8. The third kappa shape index (κ3) is 3.63. The second kappa shape index (κ2) is 7.55. The molecule has 9 nitrogen and oxygen atoms in total. The van der Waals surface area contributed by atoms with Gasteiger partial charge in [-0.05, 0) is 22.6 Å². The largest absolute Gasteiger partial charge is 0.467 e. The topological polar surface area (TPSA) is 99.5 Å². The van der Waals surface area contributed by atoms with Crippen molar-refractivity contribution in [1.29, 1.82) is 0 Å². The van der Waals surface area contributed by atoms with Crippen LogP contribution in [0.2, 0.25) is 0 Å². The van der Waals surface area contributed by atoms with Crippen molar-refractivity contribution >= 4 is 5.91 Å². The van der Waals surface area contributed by atoms with Crippen molar-refractivity contribution in [2.75, 3.05) is 13.7 Å². The average molecular weight is 361 g/mol. The predicted molar refractivity (Wildman–Crippen MR) is 90.1 cm³/mol. The molecular formula is C17H25N6O3+. The van der Waals surface area contributed by atoms with Crippen molar-refractivity contribution < 1.29 is 18.8 Å². The number of furan rings is 1. The summed E-state index contributed by atoms with van der Waals surface area (Å²) in [7, 11) is 1.54. The maximum atomic E-state index is 11.8. The number of tetrazole rings is 1. The van der Waals surface area contributed by atoms with Crippen molar-refractivity contribution in [3.05, 3.63) is 30.0 Å². The molecule has 26 heavy (non-hydrogen) atoms. The van der Waals surface area contributed by atoms with Gasteiger partial charge in [-0.15, -0.1) is 5.10 Å². The molecule has 9 heteroatoms. The molecule has 140 valence electrons. The molecule has 2 bridgehead atoms. The SMILES string of the molecule is COCC(=O)NC1C[C@H]2CC[C@@H](C1)[NH+]2Cc1nnnn1Cc1ccco1. The molecule has 4 heterocycles. The van der Waals surface area contributed by atoms with Gasteiger partial charge in [0.05, 0.1) is 18.3 Å². The first-order chi connectivity index (χ1) is 12.7. The van der Waals surface area contributed by atoms with Gasteiger partial charge in [-0.1, -0.05) is 0 Å². The Kier molecular flexibility index (Phi) is 4.98. The highest BCUT2D eigenvalue weighted by Crippen LogP contribution is 2.23. The molecule has 2 unspecified atom stereocenters. The highest BCUT2D eigenvalue weighted by atomic mass is 16.5. The molecule has 4 rings (SSSR count). The van der Waals surface area contributed by atoms with Gasteiger partial charge in [0.2, 0.25) is 11.7 Å². The minimum Gasteiger partial charge on any atom is -0.467 e. The van der Waals surface area contributed by atoms with E-state index in [2.05, 4.69) is 20.8 Å². The molecule has 2 aromatic rings. The van der Waals surface area contributed by atoms with E-state index in [1.807, 2.05) is 16.8 Å². The Hall–Kier alpha value is -2.26. The van der Waals surface area contributed by atoms with Crippen molar-refractivity contribution in [3.8, 4) is 0 Å². The van der Waals surface area contributed by atoms with Gasteiger partial charge in [0, 0.05) is 38.8 Å². The Balaban J connectivity index is 1.38. The highest BCUT2D eigenvalue weighted by molar-refractivity contribution is 5.77. The third-order valence-corrected chi connectivity index (χ3v) is 5.54. The number of aromatic nitrogens is 4. The zero-order chi connectivity index (χ0) is 17.9. The van der Waals surface area contributed by atoms with Crippen LogP contribution in [-0.2, 0) is 22.6 Å². The first kappa shape index (κ1) is 17.2. The summed E-state index contributed by atoms with van der Waals surface area (Å²) in [6.45, 7) is 1.49. The van der Waals surface area contributed by atoms with Crippen LogP contribution in [0, 0.1) is 0 Å². The van der Waals surface area contributed by atoms with Gasteiger partial charge in [-0.25, -0.2) is 4.68 Å². The molecule has 0 aliphatic carbocycles. The van der Waals surface area contributed by atoms with Crippen LogP contribution in [0.25, 0.3) is 0 Å². The summed E-state index contributed by atoms with van der Waals surface area (Å²) in [4.78, 5) is 13.3. The van der Waals surface area contributed by atoms with E-state index in [0.717, 1.165) is 31.0 Å². The van der Waals surface area contributed by atoms with Crippen LogP contribution in [0.1, 0.15) is 37.3 Å². The molecule has 0 saturated carbocycles. The third-order valence-electron chi connectivity index (χ3n) is 5.54. The summed E-state index contributed by atoms with van der Waals surface area (Å²) < 4.78 is 12.1. The van der Waals surface area contributed by atoms with Crippen LogP contribution in [0.3, 0.4) is 0 Å². The van der Waals surface area contributed by atoms with Crippen LogP contribution in [0.5, 0.6) is 0 Å². The smallest absolute Gasteiger partial charge is 0.246 e. The number of hydrogen-bond acceptors (Lipinski definition) is 6. The van der Waals surface area contributed by atoms with E-state index in [1.165, 1.54) is 17.7 Å². The van der Waals surface area contributed by atoms with E-state index in [-0.39, 0.29) is 18.6 Å². The van der Waals surface area contributed by atoms with Crippen LogP contribution in [0.15, 0.2) is 22.8 Å². The monoisotopic (exact) mass is 361 g/mol. The summed E-state index contributed by atoms with van der Waals surface area (Å²) in [6.07, 6.45) is 6.04. The van der Waals surface area contributed by atoms with Gasteiger partial charge in [-0.2, -0.15) is 0 Å². The first-order valence-electron chi connectivity index (χ1n) is 9.14. The highest BCUT2D eigenvalue weighted by Gasteiger charge is 2.45. The Morgan fingerprint density at radius 3 is 2.92 bits per heavy atom. The number of nitrogens with one attached hydrogen (secondary N) is 2. The fourth-order valence-corrected chi connectivity index (χ4v) is 4.44. The minimum atomic E-state index is -0.0252. The van der Waals surface area contributed by atoms with Gasteiger partial charge in [0.15, 0.2) is 0 Å². The number of carbonyl (C=O) groups is 1. The molecule has 2 saturated heterocycles. The number of ether oxygens (including phenoxy) is 1. The second-order valence-corrected chi connectivity index (χ2v) is 7.22. The minimum absolute atomic E-state index is 0.0252. The number of methoxy groups -OCH3 is 1. The van der Waals surface area contributed by atoms with E-state index in [1.54, 1.807) is 13.4 Å². The number of rotatable bonds is 7. The van der Waals surface area contributed by atoms with E-state index in [4.69, 9.17) is 9.15 Å². The van der Waals surface area contributed by atoms with Crippen molar-refractivity contribution in [1.82, 2.24) is 25.5 Å². The predicted octanol–water partition coefficient (Wildman–Crippen LogP) is -0.845. The Bertz CT molecular complexity index is 717. The molecule has 2 N–H and O–H groups in total. The molecule has 1 amide bonds. The van der Waals surface area contributed by atoms with Crippen LogP contribution in [0.4, 0.5) is 0 Å². The lowest BCUT2D eigenvalue weighted by Gasteiger charge is -2.36. The van der Waals surface area contributed by atoms with Gasteiger partial charge >= 0.3 is 0 Å². The summed E-state index contributed by atoms with van der Waals surface area (Å²) in [5.74, 6) is 1.70. The summed E-state index contributed by atoms with van der Waals surface area (Å²) in [6, 6.07) is 5.12. The molecule has 2 aromatic heterocycles. The molecule has 4 atom stereocenters. The molecular weight excluding hydrogens is 336 g/mol. The van der Waals surface area contributed by atoms with Gasteiger partial charge < -0.3 is 19.4 Å². The number of amides is 1. The zero-order valence-electron chi connectivity index (χ0n) is 14.9. The van der Waals surface area contributed by atoms with E-state index in [9.17, 15) is 4.79 Å². The zero-order valence-corrected chi connectivity index (χ0v) is 14.9. The summed E-state index contributed by atoms with van der Waals surface area (Å²) >= 11 is 0. The average Bonchev–Trinajstić information content (AvgIpc) is 3.32. The van der Waals surface area contributed by atoms with Crippen LogP contribution < -0.4 is 10.2 Å². The van der Waals surface area contributed by atoms with Crippen molar-refractivity contribution in [3.63, 3.8) is 0 Å². The number of fused-ring (bicyclic) bond motifs is 2. The molecule has 2 fully saturated rings. The van der Waals surface area contributed by atoms with Crippen molar-refractivity contribution in [2.45, 2.75) is 56.9 Å². The molecule has 2 aliphatic heterocycles. The van der Waals surface area contributed by atoms with Crippen LogP contribution >= 0.6 is 0 Å². The van der Waals surface area contributed by atoms with E-state index >= 15 is 0 Å². The lowest BCUT2D eigenvalue weighted by atomic mass is 9.97. The standard InChI is InChI=1S/C17H24N6O3/c1-25-11-17(24)18-12-7-13-4-5-14(8-12)22(13)10-16-19-20-21-23(16)9-15-3-2-6-26-15/h2-3,6,12-14H,4-5,7-11H2,1H3,(H,18,24)/p+1/t12?,13-,14+. The van der Waals surface area contributed by atoms with Gasteiger partial charge in [0.1, 0.15) is 25.5 Å². The molecule has 0 spiro atoms. The van der Waals surface area contributed by atoms with Crippen molar-refractivity contribution in [2.24, 2.45) is 0 Å². The quantitative estimate of drug-likeness (QED) is 0.667. The Morgan fingerprint density at radius 2 is 2.23 bits per heavy atom. The first-order valence-corrected chi connectivity index (χ1v) is 9.14. The molecule has 0 radical (unpaired) electrons. The second-order valence-electron chi connectivity index (χ2n) is 7.22. The van der Waals surface area contributed by atoms with Gasteiger partial charge in [0.25, 0.3) is 0 Å².